The summed E-state index contributed by atoms with van der Waals surface area (Å²) in [6.45, 7) is 22.9. The third-order valence-electron chi connectivity index (χ3n) is 12.3. The van der Waals surface area contributed by atoms with Crippen molar-refractivity contribution in [1.82, 2.24) is 20.9 Å². The minimum Gasteiger partial charge on any atom is -0.481 e. The van der Waals surface area contributed by atoms with E-state index in [9.17, 15) is 24.3 Å². The number of carbonyl (C=O) groups is 4. The van der Waals surface area contributed by atoms with Gasteiger partial charge in [-0.05, 0) is 94.9 Å². The number of hydrogen-bond acceptors (Lipinski definition) is 10. The van der Waals surface area contributed by atoms with Crippen molar-refractivity contribution in [2.75, 3.05) is 20.2 Å². The molecule has 4 aliphatic heterocycles. The molecule has 6 unspecified atom stereocenters. The van der Waals surface area contributed by atoms with Crippen LogP contribution in [0.1, 0.15) is 78.4 Å². The Morgan fingerprint density at radius 2 is 1.77 bits per heavy atom. The van der Waals surface area contributed by atoms with Gasteiger partial charge in [-0.1, -0.05) is 45.2 Å². The highest BCUT2D eigenvalue weighted by Gasteiger charge is 2.51. The van der Waals surface area contributed by atoms with Gasteiger partial charge >= 0.3 is 18.0 Å². The van der Waals surface area contributed by atoms with E-state index < -0.39 is 35.0 Å². The first-order valence-electron chi connectivity index (χ1n) is 20.6. The topological polar surface area (TPSA) is 184 Å². The number of allylic oxidation sites excluding steroid dienone is 6. The van der Waals surface area contributed by atoms with Crippen LogP contribution in [0.15, 0.2) is 87.0 Å². The maximum Gasteiger partial charge on any atom is 0.407 e. The molecule has 0 radical (unpaired) electrons. The smallest absolute Gasteiger partial charge is 0.407 e. The first-order valence-corrected chi connectivity index (χ1v) is 20.6. The molecular weight excluding hydrogens is 761 g/mol. The number of aliphatic carboxylic acids is 1. The van der Waals surface area contributed by atoms with Gasteiger partial charge < -0.3 is 40.3 Å². The number of nitrogens with zero attached hydrogens (tertiary/aromatic N) is 2. The van der Waals surface area contributed by atoms with Gasteiger partial charge in [-0.15, -0.1) is 0 Å². The fourth-order valence-corrected chi connectivity index (χ4v) is 8.92. The molecule has 0 saturated carbocycles. The Kier molecular flexibility index (Phi) is 12.6. The molecule has 0 aromatic carbocycles. The Hall–Kier alpha value is -5.98. The summed E-state index contributed by atoms with van der Waals surface area (Å²) < 4.78 is 10.4. The fourth-order valence-electron chi connectivity index (χ4n) is 8.92. The van der Waals surface area contributed by atoms with Crippen LogP contribution < -0.4 is 26.6 Å². The zero-order valence-corrected chi connectivity index (χ0v) is 36.0. The highest BCUT2D eigenvalue weighted by atomic mass is 16.6. The van der Waals surface area contributed by atoms with Crippen molar-refractivity contribution in [2.24, 2.45) is 39.1 Å². The number of esters is 1. The van der Waals surface area contributed by atoms with E-state index in [4.69, 9.17) is 19.5 Å². The summed E-state index contributed by atoms with van der Waals surface area (Å²) in [4.78, 5) is 64.2. The summed E-state index contributed by atoms with van der Waals surface area (Å²) >= 11 is 0. The zero-order valence-electron chi connectivity index (χ0n) is 36.0. The van der Waals surface area contributed by atoms with E-state index in [-0.39, 0.29) is 35.8 Å². The van der Waals surface area contributed by atoms with Crippen molar-refractivity contribution < 1.29 is 33.8 Å². The molecule has 318 valence electrons. The highest BCUT2D eigenvalue weighted by molar-refractivity contribution is 6.24. The molecule has 13 heteroatoms. The van der Waals surface area contributed by atoms with E-state index >= 15 is 0 Å². The number of aromatic nitrogens is 1. The molecule has 6 atom stereocenters. The Bertz CT molecular complexity index is 2360. The summed E-state index contributed by atoms with van der Waals surface area (Å²) in [7, 11) is 1.30. The maximum absolute atomic E-state index is 13.0. The SMILES string of the molecule is C=Cc1c(C)/c2[nH]/c1=C\C1=NC(=C\C3=C(CCC(=O)O)C(C)C(/C=C4N=C(\C=2)C2=CC=C(C(=O)OC)C(C=O)C2\4C)N3)/C(CCC(=C)NCCNC(=O)OC(C)(C)C)C1C. The second-order valence-electron chi connectivity index (χ2n) is 17.3. The summed E-state index contributed by atoms with van der Waals surface area (Å²) in [5.41, 5.74) is 6.98. The van der Waals surface area contributed by atoms with Gasteiger partial charge in [0.15, 0.2) is 0 Å². The molecule has 1 aliphatic carbocycles. The first-order chi connectivity index (χ1) is 28.4. The molecule has 60 heavy (non-hydrogen) atoms. The molecule has 1 amide bonds. The van der Waals surface area contributed by atoms with Gasteiger partial charge in [0.25, 0.3) is 0 Å². The van der Waals surface area contributed by atoms with Crippen LogP contribution in [-0.2, 0) is 23.9 Å². The third-order valence-corrected chi connectivity index (χ3v) is 12.3. The number of hydrogen-bond donors (Lipinski definition) is 5. The Morgan fingerprint density at radius 1 is 1.03 bits per heavy atom. The average molecular weight is 819 g/mol. The van der Waals surface area contributed by atoms with Gasteiger partial charge in [-0.25, -0.2) is 9.59 Å². The number of carbonyl (C=O) groups excluding carboxylic acids is 3. The van der Waals surface area contributed by atoms with Crippen molar-refractivity contribution in [3.8, 4) is 0 Å². The van der Waals surface area contributed by atoms with Gasteiger partial charge in [-0.2, -0.15) is 0 Å². The van der Waals surface area contributed by atoms with E-state index in [0.717, 1.165) is 68.5 Å². The number of alkyl carbamates (subject to hydrolysis) is 1. The van der Waals surface area contributed by atoms with Gasteiger partial charge in [0.2, 0.25) is 0 Å². The van der Waals surface area contributed by atoms with Gasteiger partial charge in [0.05, 0.1) is 35.9 Å². The average Bonchev–Trinajstić information content (AvgIpc) is 3.84. The first kappa shape index (κ1) is 43.6. The standard InChI is InChI=1S/C47H58N6O7/c1-11-29-26(3)36-21-41-33-16-14-32(44(57)59-10)34(24-54)47(33,9)42(53-41)23-37-28(5)31(15-17-43(55)56)40(52-37)22-39-30(27(4)35(51-39)20-38(29)50-36)13-12-25(2)48-18-19-49-45(58)60-46(6,7)8/h11,14,16,20-24,27-28,30,34,37,48,50,52H,1-2,12-13,15,17-19H2,3-10H3,(H,49,58)(H,55,56)/b36-21-,38-20-,39-22-,42-23-. The molecule has 6 rings (SSSR count). The van der Waals surface area contributed by atoms with Gasteiger partial charge in [0.1, 0.15) is 11.9 Å². The molecule has 1 aromatic rings. The number of carboxylic acids is 1. The predicted molar refractivity (Wildman–Crippen MR) is 234 cm³/mol. The molecule has 5 N–H and O–H groups in total. The number of aliphatic imine (C=N–C) groups is 2. The number of carboxylic acid groups (broad SMARTS) is 1. The van der Waals surface area contributed by atoms with Crippen molar-refractivity contribution in [3.05, 3.63) is 98.8 Å². The molecule has 0 saturated heterocycles. The van der Waals surface area contributed by atoms with Crippen LogP contribution in [0.25, 0.3) is 18.2 Å². The number of H-pyrrole nitrogens is 1. The number of methoxy groups -OCH3 is 1. The van der Waals surface area contributed by atoms with Crippen LogP contribution in [0.4, 0.5) is 4.79 Å². The van der Waals surface area contributed by atoms with Crippen LogP contribution in [0.5, 0.6) is 0 Å². The number of amides is 1. The van der Waals surface area contributed by atoms with Crippen LogP contribution in [-0.4, -0.2) is 77.7 Å². The predicted octanol–water partition coefficient (Wildman–Crippen LogP) is 5.47. The van der Waals surface area contributed by atoms with Gasteiger partial charge in [-0.3, -0.25) is 14.8 Å². The van der Waals surface area contributed by atoms with Crippen molar-refractivity contribution in [1.29, 1.82) is 0 Å². The van der Waals surface area contributed by atoms with Crippen LogP contribution in [0, 0.1) is 36.0 Å². The second kappa shape index (κ2) is 17.3. The number of ether oxygens (including phenoxy) is 2. The molecule has 0 fully saturated rings. The summed E-state index contributed by atoms with van der Waals surface area (Å²) in [5.74, 6) is -2.47. The molecule has 8 bridgehead atoms. The Labute approximate surface area is 351 Å². The third kappa shape index (κ3) is 8.66. The molecule has 13 nitrogen and oxygen atoms in total. The Morgan fingerprint density at radius 3 is 2.43 bits per heavy atom. The normalized spacial score (nSPS) is 28.2. The summed E-state index contributed by atoms with van der Waals surface area (Å²) in [6, 6.07) is -0.318. The molecule has 5 aliphatic rings. The Balaban J connectivity index is 1.43. The number of rotatable bonds is 13. The lowest BCUT2D eigenvalue weighted by atomic mass is 9.64. The highest BCUT2D eigenvalue weighted by Crippen LogP contribution is 2.53. The molecule has 0 spiro atoms. The van der Waals surface area contributed by atoms with Crippen LogP contribution in [0.2, 0.25) is 0 Å². The lowest BCUT2D eigenvalue weighted by molar-refractivity contribution is -0.138. The van der Waals surface area contributed by atoms with E-state index in [1.165, 1.54) is 7.11 Å². The summed E-state index contributed by atoms with van der Waals surface area (Å²) in [6.07, 6.45) is 15.5. The lowest BCUT2D eigenvalue weighted by Crippen LogP contribution is -2.38. The van der Waals surface area contributed by atoms with Gasteiger partial charge in [0, 0.05) is 81.9 Å². The lowest BCUT2D eigenvalue weighted by Gasteiger charge is -2.36. The second-order valence-corrected chi connectivity index (χ2v) is 17.3. The number of nitrogens with one attached hydrogen (secondary N) is 4. The number of aldehydes is 1. The fraction of sp³-hybridized carbons (Fsp3) is 0.447. The largest absolute Gasteiger partial charge is 0.481 e. The maximum atomic E-state index is 13.0. The number of fused-ring (bicyclic) bond motifs is 9. The number of aromatic amines is 1. The van der Waals surface area contributed by atoms with E-state index in [1.54, 1.807) is 6.08 Å². The molecule has 5 heterocycles. The minimum atomic E-state index is -1.01. The van der Waals surface area contributed by atoms with Crippen molar-refractivity contribution in [3.63, 3.8) is 0 Å². The van der Waals surface area contributed by atoms with E-state index in [1.807, 2.05) is 58.9 Å². The van der Waals surface area contributed by atoms with Crippen LogP contribution in [0.3, 0.4) is 0 Å². The zero-order chi connectivity index (χ0) is 43.7. The quantitative estimate of drug-likeness (QED) is 0.0980. The van der Waals surface area contributed by atoms with E-state index in [2.05, 4.69) is 60.1 Å². The monoisotopic (exact) mass is 818 g/mol. The van der Waals surface area contributed by atoms with E-state index in [0.29, 0.717) is 37.3 Å². The minimum absolute atomic E-state index is 0.00493. The van der Waals surface area contributed by atoms with Crippen LogP contribution >= 0.6 is 0 Å². The van der Waals surface area contributed by atoms with Crippen molar-refractivity contribution in [2.45, 2.75) is 85.8 Å². The van der Waals surface area contributed by atoms with Crippen molar-refractivity contribution >= 4 is 54.0 Å². The molecular formula is C47H58N6O7. The summed E-state index contributed by atoms with van der Waals surface area (Å²) in [5, 5.41) is 21.3. The molecule has 1 aromatic heterocycles.